The smallest absolute Gasteiger partial charge is 0.226 e. The van der Waals surface area contributed by atoms with Gasteiger partial charge in [0.05, 0.1) is 6.00 Å². The molecule has 1 N–H and O–H groups in total. The number of carbonyl (C=O) groups excluding carboxylic acids is 1. The lowest BCUT2D eigenvalue weighted by atomic mass is 10.6. The molecule has 0 unspecified atom stereocenters. The summed E-state index contributed by atoms with van der Waals surface area (Å²) in [6.45, 7) is -0.191. The molecule has 0 aliphatic rings. The highest BCUT2D eigenvalue weighted by Crippen LogP contribution is 1.73. The number of nitrogens with zero attached hydrogens (tertiary/aromatic N) is 3. The Kier molecular flexibility index (Phi) is 4.67. The molecule has 0 rings (SSSR count). The van der Waals surface area contributed by atoms with Gasteiger partial charge >= 0.3 is 0 Å². The average molecular weight is 149 g/mol. The Morgan fingerprint density at radius 3 is 3.00 bits per heavy atom. The molecule has 0 radical (unpaired) electrons. The van der Waals surface area contributed by atoms with E-state index in [1.807, 2.05) is 0 Å². The minimum atomic E-state index is -0.372. The first kappa shape index (κ1) is 8.07. The molecule has 5 nitrogen and oxygen atoms in total. The van der Waals surface area contributed by atoms with Gasteiger partial charge in [-0.2, -0.15) is 0 Å². The van der Waals surface area contributed by atoms with Crippen molar-refractivity contribution in [3.8, 4) is 0 Å². The van der Waals surface area contributed by atoms with Gasteiger partial charge < -0.3 is 5.32 Å². The number of halogens is 1. The van der Waals surface area contributed by atoms with E-state index in [0.717, 1.165) is 0 Å². The zero-order valence-electron chi connectivity index (χ0n) is 4.54. The second kappa shape index (κ2) is 5.21. The Labute approximate surface area is 56.6 Å². The zero-order chi connectivity index (χ0) is 7.11. The lowest BCUT2D eigenvalue weighted by Gasteiger charge is -1.92. The van der Waals surface area contributed by atoms with Gasteiger partial charge in [-0.05, 0) is 5.53 Å². The number of hydrogen-bond acceptors (Lipinski definition) is 2. The van der Waals surface area contributed by atoms with Crippen LogP contribution < -0.4 is 5.32 Å². The van der Waals surface area contributed by atoms with E-state index in [-0.39, 0.29) is 18.5 Å². The summed E-state index contributed by atoms with van der Waals surface area (Å²) in [6, 6.07) is 0.0415. The van der Waals surface area contributed by atoms with E-state index >= 15 is 0 Å². The van der Waals surface area contributed by atoms with E-state index < -0.39 is 0 Å². The predicted molar refractivity (Wildman–Crippen MR) is 32.9 cm³/mol. The summed E-state index contributed by atoms with van der Waals surface area (Å²) in [4.78, 5) is 12.7. The van der Waals surface area contributed by atoms with E-state index in [9.17, 15) is 4.79 Å². The second-order valence-corrected chi connectivity index (χ2v) is 1.39. The lowest BCUT2D eigenvalue weighted by Crippen LogP contribution is -2.23. The van der Waals surface area contributed by atoms with Crippen molar-refractivity contribution in [2.45, 2.75) is 0 Å². The molecular weight excluding hydrogens is 144 g/mol. The van der Waals surface area contributed by atoms with Gasteiger partial charge in [-0.15, -0.1) is 11.6 Å². The van der Waals surface area contributed by atoms with Crippen LogP contribution in [0.5, 0.6) is 0 Å². The van der Waals surface area contributed by atoms with Gasteiger partial charge in [-0.25, -0.2) is 0 Å². The van der Waals surface area contributed by atoms with Gasteiger partial charge in [0.15, 0.2) is 0 Å². The molecule has 9 heavy (non-hydrogen) atoms. The fourth-order valence-electron chi connectivity index (χ4n) is 0.226. The summed E-state index contributed by atoms with van der Waals surface area (Å²) in [5.74, 6) is -0.372. The van der Waals surface area contributed by atoms with Crippen molar-refractivity contribution in [1.82, 2.24) is 5.32 Å². The van der Waals surface area contributed by atoms with E-state index in [1.54, 1.807) is 0 Å². The average Bonchev–Trinajstić information content (AvgIpc) is 1.85. The number of rotatable bonds is 3. The molecule has 0 saturated carbocycles. The van der Waals surface area contributed by atoms with Crippen LogP contribution in [0, 0.1) is 0 Å². The molecular formula is C3H5ClN4O. The van der Waals surface area contributed by atoms with E-state index in [1.165, 1.54) is 0 Å². The lowest BCUT2D eigenvalue weighted by molar-refractivity contribution is -0.119. The molecule has 0 saturated heterocycles. The van der Waals surface area contributed by atoms with Crippen LogP contribution >= 0.6 is 11.6 Å². The highest BCUT2D eigenvalue weighted by molar-refractivity contribution is 6.18. The Bertz CT molecular complexity index is 141. The maximum atomic E-state index is 10.3. The number of amides is 1. The number of hydrogen-bond donors (Lipinski definition) is 1. The first-order valence-electron chi connectivity index (χ1n) is 2.14. The quantitative estimate of drug-likeness (QED) is 0.206. The van der Waals surface area contributed by atoms with Crippen LogP contribution in [0.1, 0.15) is 0 Å². The first-order chi connectivity index (χ1) is 4.31. The first-order valence-corrected chi connectivity index (χ1v) is 2.68. The van der Waals surface area contributed by atoms with Crippen LogP contribution in [0.15, 0.2) is 5.11 Å². The van der Waals surface area contributed by atoms with Crippen LogP contribution in [-0.2, 0) is 4.79 Å². The van der Waals surface area contributed by atoms with Crippen LogP contribution in [0.25, 0.3) is 10.4 Å². The Morgan fingerprint density at radius 1 is 1.89 bits per heavy atom. The Balaban J connectivity index is 3.38. The van der Waals surface area contributed by atoms with Crippen molar-refractivity contribution in [3.63, 3.8) is 0 Å². The molecule has 0 aromatic heterocycles. The normalized spacial score (nSPS) is 7.67. The number of alkyl halides is 1. The molecule has 0 aromatic carbocycles. The summed E-state index contributed by atoms with van der Waals surface area (Å²) in [5.41, 5.74) is 7.73. The third-order valence-electron chi connectivity index (χ3n) is 0.542. The van der Waals surface area contributed by atoms with Crippen LogP contribution in [0.4, 0.5) is 0 Å². The van der Waals surface area contributed by atoms with Crippen LogP contribution in [-0.4, -0.2) is 18.5 Å². The highest BCUT2D eigenvalue weighted by atomic mass is 35.5. The topological polar surface area (TPSA) is 77.9 Å². The molecule has 0 aliphatic carbocycles. The van der Waals surface area contributed by atoms with Crippen molar-refractivity contribution in [2.24, 2.45) is 5.11 Å². The van der Waals surface area contributed by atoms with Gasteiger partial charge in [-0.3, -0.25) is 4.79 Å². The van der Waals surface area contributed by atoms with E-state index in [0.29, 0.717) is 0 Å². The molecule has 50 valence electrons. The summed E-state index contributed by atoms with van der Waals surface area (Å²) in [7, 11) is 0. The number of carbonyl (C=O) groups is 1. The van der Waals surface area contributed by atoms with Crippen molar-refractivity contribution >= 4 is 17.5 Å². The minimum Gasteiger partial charge on any atom is -0.342 e. The van der Waals surface area contributed by atoms with E-state index in [2.05, 4.69) is 15.3 Å². The van der Waals surface area contributed by atoms with E-state index in [4.69, 9.17) is 17.1 Å². The van der Waals surface area contributed by atoms with Crippen molar-refractivity contribution in [2.75, 3.05) is 12.5 Å². The predicted octanol–water partition coefficient (Wildman–Crippen LogP) is 0.609. The molecule has 0 heterocycles. The summed E-state index contributed by atoms with van der Waals surface area (Å²) in [6.07, 6.45) is 0. The third-order valence-corrected chi connectivity index (χ3v) is 0.675. The molecule has 0 aliphatic heterocycles. The van der Waals surface area contributed by atoms with Crippen molar-refractivity contribution in [1.29, 1.82) is 0 Å². The third kappa shape index (κ3) is 4.93. The fraction of sp³-hybridized carbons (Fsp3) is 0.667. The molecule has 0 atom stereocenters. The molecule has 0 bridgehead atoms. The van der Waals surface area contributed by atoms with Crippen LogP contribution in [0.2, 0.25) is 0 Å². The maximum absolute atomic E-state index is 10.3. The standard InChI is InChI=1S/C3H5ClN4O/c4-2-6-3(9)1-7-8-5/h1-2H2,(H,6,9). The van der Waals surface area contributed by atoms with Gasteiger partial charge in [0.25, 0.3) is 0 Å². The molecule has 0 fully saturated rings. The minimum absolute atomic E-state index is 0.0415. The second-order valence-electron chi connectivity index (χ2n) is 1.12. The Hall–Kier alpha value is -0.930. The Morgan fingerprint density at radius 2 is 2.56 bits per heavy atom. The molecule has 0 spiro atoms. The van der Waals surface area contributed by atoms with Gasteiger partial charge in [-0.1, -0.05) is 5.11 Å². The molecule has 0 aromatic rings. The summed E-state index contributed by atoms with van der Waals surface area (Å²) < 4.78 is 0. The fourth-order valence-corrected chi connectivity index (χ4v) is 0.375. The summed E-state index contributed by atoms with van der Waals surface area (Å²) in [5, 5.41) is 5.24. The van der Waals surface area contributed by atoms with Crippen LogP contribution in [0.3, 0.4) is 0 Å². The summed E-state index contributed by atoms with van der Waals surface area (Å²) >= 11 is 5.11. The van der Waals surface area contributed by atoms with Crippen molar-refractivity contribution < 1.29 is 4.79 Å². The van der Waals surface area contributed by atoms with Crippen molar-refractivity contribution in [3.05, 3.63) is 10.4 Å². The maximum Gasteiger partial charge on any atom is 0.226 e. The van der Waals surface area contributed by atoms with Gasteiger partial charge in [0.1, 0.15) is 6.54 Å². The number of azide groups is 1. The van der Waals surface area contributed by atoms with Gasteiger partial charge in [0.2, 0.25) is 5.91 Å². The number of nitrogens with one attached hydrogen (secondary N) is 1. The monoisotopic (exact) mass is 148 g/mol. The molecule has 6 heteroatoms. The highest BCUT2D eigenvalue weighted by Gasteiger charge is 1.93. The molecule has 1 amide bonds. The zero-order valence-corrected chi connectivity index (χ0v) is 5.30. The SMILES string of the molecule is [N-]=[N+]=NCC(=O)NCCl. The largest absolute Gasteiger partial charge is 0.342 e. The van der Waals surface area contributed by atoms with Gasteiger partial charge in [0, 0.05) is 4.91 Å².